The molecule has 1 heterocycles. The zero-order valence-corrected chi connectivity index (χ0v) is 11.6. The summed E-state index contributed by atoms with van der Waals surface area (Å²) in [4.78, 5) is 4.11. The first-order chi connectivity index (χ1) is 9.29. The Morgan fingerprint density at radius 1 is 1.37 bits per heavy atom. The number of rotatable bonds is 6. The van der Waals surface area contributed by atoms with Crippen molar-refractivity contribution in [3.8, 4) is 5.88 Å². The zero-order valence-electron chi connectivity index (χ0n) is 11.6. The van der Waals surface area contributed by atoms with Crippen molar-refractivity contribution in [3.05, 3.63) is 23.6 Å². The summed E-state index contributed by atoms with van der Waals surface area (Å²) < 4.78 is 19.2. The predicted molar refractivity (Wildman–Crippen MR) is 73.7 cm³/mol. The molecule has 4 heteroatoms. The van der Waals surface area contributed by atoms with Gasteiger partial charge >= 0.3 is 0 Å². The molecule has 0 aliphatic heterocycles. The minimum atomic E-state index is -0.302. The van der Waals surface area contributed by atoms with Crippen LogP contribution >= 0.6 is 0 Å². The van der Waals surface area contributed by atoms with E-state index >= 15 is 0 Å². The molecule has 0 amide bonds. The number of nitrogens with one attached hydrogen (secondary N) is 1. The van der Waals surface area contributed by atoms with E-state index in [4.69, 9.17) is 4.74 Å². The lowest BCUT2D eigenvalue weighted by Gasteiger charge is -2.23. The van der Waals surface area contributed by atoms with Gasteiger partial charge < -0.3 is 10.1 Å². The first-order valence-corrected chi connectivity index (χ1v) is 7.31. The van der Waals surface area contributed by atoms with Crippen LogP contribution in [0.15, 0.2) is 12.3 Å². The van der Waals surface area contributed by atoms with E-state index in [1.807, 2.05) is 0 Å². The van der Waals surface area contributed by atoms with Gasteiger partial charge in [-0.1, -0.05) is 13.3 Å². The lowest BCUT2D eigenvalue weighted by molar-refractivity contribution is 0.146. The third-order valence-corrected chi connectivity index (χ3v) is 3.46. The summed E-state index contributed by atoms with van der Waals surface area (Å²) in [6, 6.07) is 1.52. The van der Waals surface area contributed by atoms with Crippen LogP contribution in [0.4, 0.5) is 4.39 Å². The smallest absolute Gasteiger partial charge is 0.218 e. The number of pyridine rings is 1. The summed E-state index contributed by atoms with van der Waals surface area (Å²) in [5, 5.41) is 3.27. The molecular weight excluding hydrogens is 243 g/mol. The molecule has 0 saturated heterocycles. The van der Waals surface area contributed by atoms with Gasteiger partial charge in [-0.3, -0.25) is 0 Å². The monoisotopic (exact) mass is 266 g/mol. The number of aromatic nitrogens is 1. The highest BCUT2D eigenvalue weighted by atomic mass is 19.1. The molecule has 19 heavy (non-hydrogen) atoms. The van der Waals surface area contributed by atoms with Crippen molar-refractivity contribution in [2.75, 3.05) is 6.54 Å². The average Bonchev–Trinajstić information content (AvgIpc) is 2.43. The summed E-state index contributed by atoms with van der Waals surface area (Å²) >= 11 is 0. The highest BCUT2D eigenvalue weighted by molar-refractivity contribution is 5.26. The Morgan fingerprint density at radius 2 is 2.16 bits per heavy atom. The Labute approximate surface area is 114 Å². The summed E-state index contributed by atoms with van der Waals surface area (Å²) in [7, 11) is 0. The number of hydrogen-bond acceptors (Lipinski definition) is 3. The Bertz CT molecular complexity index is 392. The fourth-order valence-corrected chi connectivity index (χ4v) is 2.44. The van der Waals surface area contributed by atoms with E-state index in [1.165, 1.54) is 31.5 Å². The van der Waals surface area contributed by atoms with Crippen molar-refractivity contribution >= 4 is 0 Å². The van der Waals surface area contributed by atoms with Crippen molar-refractivity contribution in [3.63, 3.8) is 0 Å². The van der Waals surface area contributed by atoms with Gasteiger partial charge in [0.2, 0.25) is 5.88 Å². The summed E-state index contributed by atoms with van der Waals surface area (Å²) in [6.07, 6.45) is 8.44. The molecule has 1 aliphatic rings. The van der Waals surface area contributed by atoms with Crippen LogP contribution < -0.4 is 10.1 Å². The van der Waals surface area contributed by atoms with Gasteiger partial charge in [-0.15, -0.1) is 0 Å². The first kappa shape index (κ1) is 14.3. The molecule has 1 aromatic rings. The minimum Gasteiger partial charge on any atom is -0.474 e. The van der Waals surface area contributed by atoms with E-state index < -0.39 is 0 Å². The second-order valence-corrected chi connectivity index (χ2v) is 5.17. The van der Waals surface area contributed by atoms with Crippen LogP contribution in [0.2, 0.25) is 0 Å². The van der Waals surface area contributed by atoms with Crippen molar-refractivity contribution in [2.45, 2.75) is 58.1 Å². The number of ether oxygens (including phenoxy) is 1. The molecule has 1 aliphatic carbocycles. The van der Waals surface area contributed by atoms with Crippen LogP contribution in [-0.4, -0.2) is 17.6 Å². The van der Waals surface area contributed by atoms with Crippen molar-refractivity contribution in [2.24, 2.45) is 0 Å². The third kappa shape index (κ3) is 4.46. The second-order valence-electron chi connectivity index (χ2n) is 5.17. The summed E-state index contributed by atoms with van der Waals surface area (Å²) in [6.45, 7) is 3.64. The molecule has 2 rings (SSSR count). The molecule has 0 radical (unpaired) electrons. The van der Waals surface area contributed by atoms with E-state index in [0.717, 1.165) is 31.4 Å². The second kappa shape index (κ2) is 7.43. The molecule has 0 aromatic carbocycles. The van der Waals surface area contributed by atoms with Gasteiger partial charge in [0.1, 0.15) is 11.9 Å². The molecule has 1 N–H and O–H groups in total. The summed E-state index contributed by atoms with van der Waals surface area (Å²) in [5.74, 6) is 0.293. The lowest BCUT2D eigenvalue weighted by atomic mass is 9.98. The Hall–Kier alpha value is -1.16. The molecule has 106 valence electrons. The van der Waals surface area contributed by atoms with E-state index in [2.05, 4.69) is 17.2 Å². The fraction of sp³-hybridized carbons (Fsp3) is 0.667. The SMILES string of the molecule is CCCNCc1cc(F)cnc1OC1CCCCC1. The third-order valence-electron chi connectivity index (χ3n) is 3.46. The maximum absolute atomic E-state index is 13.3. The van der Waals surface area contributed by atoms with E-state index in [1.54, 1.807) is 0 Å². The summed E-state index contributed by atoms with van der Waals surface area (Å²) in [5.41, 5.74) is 0.819. The van der Waals surface area contributed by atoms with E-state index in [-0.39, 0.29) is 11.9 Å². The van der Waals surface area contributed by atoms with Crippen LogP contribution in [0, 0.1) is 5.82 Å². The Kier molecular flexibility index (Phi) is 5.58. The van der Waals surface area contributed by atoms with Crippen LogP contribution in [0.25, 0.3) is 0 Å². The topological polar surface area (TPSA) is 34.2 Å². The minimum absolute atomic E-state index is 0.247. The van der Waals surface area contributed by atoms with Gasteiger partial charge in [-0.25, -0.2) is 9.37 Å². The van der Waals surface area contributed by atoms with Crippen LogP contribution in [0.5, 0.6) is 5.88 Å². The van der Waals surface area contributed by atoms with E-state index in [9.17, 15) is 4.39 Å². The van der Waals surface area contributed by atoms with Crippen LogP contribution in [0.3, 0.4) is 0 Å². The molecule has 0 spiro atoms. The molecule has 1 aromatic heterocycles. The van der Waals surface area contributed by atoms with Gasteiger partial charge in [0.05, 0.1) is 6.20 Å². The lowest BCUT2D eigenvalue weighted by Crippen LogP contribution is -2.22. The van der Waals surface area contributed by atoms with Crippen molar-refractivity contribution in [1.29, 1.82) is 0 Å². The highest BCUT2D eigenvalue weighted by Gasteiger charge is 2.17. The number of halogens is 1. The van der Waals surface area contributed by atoms with Gasteiger partial charge in [0.15, 0.2) is 0 Å². The molecule has 3 nitrogen and oxygen atoms in total. The van der Waals surface area contributed by atoms with Gasteiger partial charge in [0, 0.05) is 12.1 Å². The largest absolute Gasteiger partial charge is 0.474 e. The zero-order chi connectivity index (χ0) is 13.5. The van der Waals surface area contributed by atoms with E-state index in [0.29, 0.717) is 12.4 Å². The quantitative estimate of drug-likeness (QED) is 0.801. The molecule has 1 saturated carbocycles. The van der Waals surface area contributed by atoms with Gasteiger partial charge in [-0.05, 0) is 44.7 Å². The highest BCUT2D eigenvalue weighted by Crippen LogP contribution is 2.24. The first-order valence-electron chi connectivity index (χ1n) is 7.31. The normalized spacial score (nSPS) is 16.5. The van der Waals surface area contributed by atoms with Gasteiger partial charge in [0.25, 0.3) is 0 Å². The Balaban J connectivity index is 2.00. The average molecular weight is 266 g/mol. The van der Waals surface area contributed by atoms with Crippen LogP contribution in [0.1, 0.15) is 51.0 Å². The number of nitrogens with zero attached hydrogens (tertiary/aromatic N) is 1. The molecule has 0 unspecified atom stereocenters. The standard InChI is InChI=1S/C15H23FN2O/c1-2-8-17-10-12-9-13(16)11-18-15(12)19-14-6-4-3-5-7-14/h9,11,14,17H,2-8,10H2,1H3. The predicted octanol–water partition coefficient (Wildman–Crippen LogP) is 3.43. The molecule has 1 fully saturated rings. The fourth-order valence-electron chi connectivity index (χ4n) is 2.44. The molecular formula is C15H23FN2O. The maximum Gasteiger partial charge on any atom is 0.218 e. The molecule has 0 bridgehead atoms. The number of hydrogen-bond donors (Lipinski definition) is 1. The van der Waals surface area contributed by atoms with Gasteiger partial charge in [-0.2, -0.15) is 0 Å². The maximum atomic E-state index is 13.3. The van der Waals surface area contributed by atoms with Crippen molar-refractivity contribution < 1.29 is 9.13 Å². The van der Waals surface area contributed by atoms with Crippen LogP contribution in [-0.2, 0) is 6.54 Å². The Morgan fingerprint density at radius 3 is 2.89 bits per heavy atom. The molecule has 0 atom stereocenters. The van der Waals surface area contributed by atoms with Crippen molar-refractivity contribution in [1.82, 2.24) is 10.3 Å².